The minimum Gasteiger partial charge on any atom is -0.355 e. The van der Waals surface area contributed by atoms with Crippen molar-refractivity contribution in [3.8, 4) is 0 Å². The maximum absolute atomic E-state index is 12.2. The van der Waals surface area contributed by atoms with Crippen LogP contribution in [0.5, 0.6) is 0 Å². The number of hydrogen-bond donors (Lipinski definition) is 2. The van der Waals surface area contributed by atoms with Gasteiger partial charge in [-0.15, -0.1) is 0 Å². The summed E-state index contributed by atoms with van der Waals surface area (Å²) in [5, 5.41) is 5.71. The molecule has 0 atom stereocenters. The van der Waals surface area contributed by atoms with Crippen LogP contribution < -0.4 is 10.6 Å². The number of likely N-dealkylation sites (N-methyl/N-ethyl adjacent to an activating group) is 1. The molecule has 1 aromatic rings. The van der Waals surface area contributed by atoms with Crippen molar-refractivity contribution in [3.63, 3.8) is 0 Å². The molecular formula is C21H35N3O2. The summed E-state index contributed by atoms with van der Waals surface area (Å²) in [5.41, 5.74) is 1.88. The van der Waals surface area contributed by atoms with E-state index in [9.17, 15) is 9.59 Å². The monoisotopic (exact) mass is 361 g/mol. The molecule has 0 unspecified atom stereocenters. The Labute approximate surface area is 158 Å². The van der Waals surface area contributed by atoms with Crippen molar-refractivity contribution in [1.29, 1.82) is 0 Å². The van der Waals surface area contributed by atoms with E-state index in [0.29, 0.717) is 31.1 Å². The fourth-order valence-corrected chi connectivity index (χ4v) is 2.72. The second-order valence-corrected chi connectivity index (χ2v) is 7.91. The molecule has 0 heterocycles. The first-order valence-corrected chi connectivity index (χ1v) is 9.54. The van der Waals surface area contributed by atoms with Crippen molar-refractivity contribution >= 4 is 11.8 Å². The van der Waals surface area contributed by atoms with Gasteiger partial charge in [0, 0.05) is 37.7 Å². The third-order valence-corrected chi connectivity index (χ3v) is 4.51. The van der Waals surface area contributed by atoms with Crippen LogP contribution in [0.2, 0.25) is 0 Å². The molecule has 1 aromatic carbocycles. The van der Waals surface area contributed by atoms with E-state index < -0.39 is 0 Å². The lowest BCUT2D eigenvalue weighted by Gasteiger charge is -2.24. The lowest BCUT2D eigenvalue weighted by atomic mass is 9.87. The predicted octanol–water partition coefficient (Wildman–Crippen LogP) is 2.95. The van der Waals surface area contributed by atoms with Crippen LogP contribution >= 0.6 is 0 Å². The van der Waals surface area contributed by atoms with Gasteiger partial charge in [0.25, 0.3) is 5.91 Å². The summed E-state index contributed by atoms with van der Waals surface area (Å²) >= 11 is 0. The Morgan fingerprint density at radius 2 is 1.65 bits per heavy atom. The summed E-state index contributed by atoms with van der Waals surface area (Å²) in [6.07, 6.45) is 0.291. The van der Waals surface area contributed by atoms with E-state index in [1.165, 1.54) is 5.56 Å². The Hall–Kier alpha value is -1.88. The molecule has 0 fully saturated rings. The standard InChI is InChI=1S/C21H35N3O2/c1-7-24(16(2)3)15-14-22-19(25)12-13-23-20(26)17-8-10-18(11-9-17)21(4,5)6/h8-11,16H,7,12-15H2,1-6H3,(H,22,25)(H,23,26). The number of rotatable bonds is 9. The highest BCUT2D eigenvalue weighted by Gasteiger charge is 2.14. The van der Waals surface area contributed by atoms with Crippen LogP contribution in [0.1, 0.15) is 63.9 Å². The van der Waals surface area contributed by atoms with Crippen LogP contribution in [0, 0.1) is 0 Å². The lowest BCUT2D eigenvalue weighted by molar-refractivity contribution is -0.121. The summed E-state index contributed by atoms with van der Waals surface area (Å²) in [6, 6.07) is 8.11. The highest BCUT2D eigenvalue weighted by molar-refractivity contribution is 5.94. The average Bonchev–Trinajstić information content (AvgIpc) is 2.57. The molecule has 1 rings (SSSR count). The van der Waals surface area contributed by atoms with Gasteiger partial charge in [0.05, 0.1) is 0 Å². The molecule has 5 heteroatoms. The highest BCUT2D eigenvalue weighted by Crippen LogP contribution is 2.22. The van der Waals surface area contributed by atoms with E-state index in [1.54, 1.807) is 0 Å². The van der Waals surface area contributed by atoms with Crippen molar-refractivity contribution in [2.45, 2.75) is 59.4 Å². The minimum atomic E-state index is -0.143. The van der Waals surface area contributed by atoms with Gasteiger partial charge in [0.15, 0.2) is 0 Å². The molecule has 0 aliphatic heterocycles. The Morgan fingerprint density at radius 3 is 2.15 bits per heavy atom. The van der Waals surface area contributed by atoms with Gasteiger partial charge in [0.1, 0.15) is 0 Å². The Morgan fingerprint density at radius 1 is 1.04 bits per heavy atom. The predicted molar refractivity (Wildman–Crippen MR) is 107 cm³/mol. The molecule has 26 heavy (non-hydrogen) atoms. The topological polar surface area (TPSA) is 61.4 Å². The van der Waals surface area contributed by atoms with Crippen LogP contribution in [0.3, 0.4) is 0 Å². The van der Waals surface area contributed by atoms with Gasteiger partial charge in [-0.3, -0.25) is 14.5 Å². The van der Waals surface area contributed by atoms with Crippen LogP contribution in [-0.4, -0.2) is 48.9 Å². The number of carbonyl (C=O) groups excluding carboxylic acids is 2. The third-order valence-electron chi connectivity index (χ3n) is 4.51. The number of nitrogens with one attached hydrogen (secondary N) is 2. The first kappa shape index (κ1) is 22.2. The van der Waals surface area contributed by atoms with Crippen LogP contribution in [0.15, 0.2) is 24.3 Å². The summed E-state index contributed by atoms with van der Waals surface area (Å²) in [7, 11) is 0. The molecule has 146 valence electrons. The maximum atomic E-state index is 12.2. The van der Waals surface area contributed by atoms with Crippen LogP contribution in [0.4, 0.5) is 0 Å². The Kier molecular flexibility index (Phi) is 8.79. The van der Waals surface area contributed by atoms with Gasteiger partial charge in [-0.05, 0) is 43.5 Å². The van der Waals surface area contributed by atoms with E-state index >= 15 is 0 Å². The zero-order chi connectivity index (χ0) is 19.7. The zero-order valence-corrected chi connectivity index (χ0v) is 17.2. The molecule has 0 saturated heterocycles. The number of amides is 2. The molecule has 5 nitrogen and oxygen atoms in total. The molecule has 0 aliphatic rings. The molecule has 0 bridgehead atoms. The van der Waals surface area contributed by atoms with E-state index in [4.69, 9.17) is 0 Å². The fourth-order valence-electron chi connectivity index (χ4n) is 2.72. The lowest BCUT2D eigenvalue weighted by Crippen LogP contribution is -2.39. The number of carbonyl (C=O) groups is 2. The summed E-state index contributed by atoms with van der Waals surface area (Å²) in [6.45, 7) is 15.6. The molecule has 0 aliphatic carbocycles. The van der Waals surface area contributed by atoms with Crippen molar-refractivity contribution in [3.05, 3.63) is 35.4 Å². The Balaban J connectivity index is 2.32. The molecule has 2 amide bonds. The molecule has 0 spiro atoms. The summed E-state index contributed by atoms with van der Waals surface area (Å²) in [5.74, 6) is -0.177. The normalized spacial score (nSPS) is 11.7. The van der Waals surface area contributed by atoms with Gasteiger partial charge in [-0.25, -0.2) is 0 Å². The van der Waals surface area contributed by atoms with E-state index in [1.807, 2.05) is 24.3 Å². The largest absolute Gasteiger partial charge is 0.355 e. The summed E-state index contributed by atoms with van der Waals surface area (Å²) < 4.78 is 0. The average molecular weight is 362 g/mol. The quantitative estimate of drug-likeness (QED) is 0.711. The maximum Gasteiger partial charge on any atom is 0.251 e. The SMILES string of the molecule is CCN(CCNC(=O)CCNC(=O)c1ccc(C(C)(C)C)cc1)C(C)C. The molecule has 0 saturated carbocycles. The first-order chi connectivity index (χ1) is 12.1. The number of nitrogens with zero attached hydrogens (tertiary/aromatic N) is 1. The van der Waals surface area contributed by atoms with E-state index in [0.717, 1.165) is 13.1 Å². The summed E-state index contributed by atoms with van der Waals surface area (Å²) in [4.78, 5) is 26.3. The number of hydrogen-bond acceptors (Lipinski definition) is 3. The minimum absolute atomic E-state index is 0.0341. The smallest absolute Gasteiger partial charge is 0.251 e. The van der Waals surface area contributed by atoms with Crippen molar-refractivity contribution in [2.75, 3.05) is 26.2 Å². The van der Waals surface area contributed by atoms with Crippen molar-refractivity contribution in [2.24, 2.45) is 0 Å². The van der Waals surface area contributed by atoms with Crippen LogP contribution in [-0.2, 0) is 10.2 Å². The number of benzene rings is 1. The van der Waals surface area contributed by atoms with E-state index in [-0.39, 0.29) is 17.2 Å². The molecule has 0 radical (unpaired) electrons. The third kappa shape index (κ3) is 7.56. The van der Waals surface area contributed by atoms with Gasteiger partial charge in [-0.2, -0.15) is 0 Å². The first-order valence-electron chi connectivity index (χ1n) is 9.54. The van der Waals surface area contributed by atoms with Gasteiger partial charge in [-0.1, -0.05) is 39.8 Å². The second-order valence-electron chi connectivity index (χ2n) is 7.91. The molecular weight excluding hydrogens is 326 g/mol. The van der Waals surface area contributed by atoms with Crippen LogP contribution in [0.25, 0.3) is 0 Å². The molecule has 0 aromatic heterocycles. The van der Waals surface area contributed by atoms with Gasteiger partial charge < -0.3 is 10.6 Å². The van der Waals surface area contributed by atoms with Gasteiger partial charge in [0.2, 0.25) is 5.91 Å². The second kappa shape index (κ2) is 10.3. The van der Waals surface area contributed by atoms with Crippen molar-refractivity contribution < 1.29 is 9.59 Å². The van der Waals surface area contributed by atoms with Crippen molar-refractivity contribution in [1.82, 2.24) is 15.5 Å². The Bertz CT molecular complexity index is 574. The highest BCUT2D eigenvalue weighted by atomic mass is 16.2. The zero-order valence-electron chi connectivity index (χ0n) is 17.2. The molecule has 2 N–H and O–H groups in total. The fraction of sp³-hybridized carbons (Fsp3) is 0.619. The van der Waals surface area contributed by atoms with E-state index in [2.05, 4.69) is 57.1 Å². The van der Waals surface area contributed by atoms with Gasteiger partial charge >= 0.3 is 0 Å².